The van der Waals surface area contributed by atoms with Crippen LogP contribution in [0.5, 0.6) is 0 Å². The molecule has 0 bridgehead atoms. The van der Waals surface area contributed by atoms with E-state index in [1.165, 1.54) is 4.90 Å². The molecule has 2 saturated heterocycles. The SMILES string of the molecule is O=C1CCN(CCC(=O)N2CC(c3nc(-c4cccs4)no3)C2)C(=O)N1. The maximum Gasteiger partial charge on any atom is 0.324 e. The fourth-order valence-corrected chi connectivity index (χ4v) is 3.60. The third-order valence-corrected chi connectivity index (χ3v) is 5.37. The lowest BCUT2D eigenvalue weighted by Crippen LogP contribution is -2.52. The van der Waals surface area contributed by atoms with Crippen LogP contribution in [-0.2, 0) is 9.59 Å². The van der Waals surface area contributed by atoms with E-state index in [0.29, 0.717) is 37.9 Å². The Bertz CT molecular complexity index is 828. The van der Waals surface area contributed by atoms with Crippen LogP contribution in [-0.4, -0.2) is 64.0 Å². The van der Waals surface area contributed by atoms with Gasteiger partial charge in [-0.05, 0) is 11.4 Å². The Morgan fingerprint density at radius 2 is 2.23 bits per heavy atom. The van der Waals surface area contributed by atoms with Gasteiger partial charge in [0, 0.05) is 39.0 Å². The number of hydrogen-bond donors (Lipinski definition) is 1. The molecule has 4 amide bonds. The highest BCUT2D eigenvalue weighted by Gasteiger charge is 2.36. The van der Waals surface area contributed by atoms with Gasteiger partial charge < -0.3 is 14.3 Å². The van der Waals surface area contributed by atoms with Crippen LogP contribution in [0.4, 0.5) is 4.79 Å². The topological polar surface area (TPSA) is 109 Å². The number of aromatic nitrogens is 2. The molecule has 0 unspecified atom stereocenters. The first-order valence-electron chi connectivity index (χ1n) is 8.34. The lowest BCUT2D eigenvalue weighted by molar-refractivity contribution is -0.136. The molecular formula is C16H17N5O4S. The van der Waals surface area contributed by atoms with Crippen LogP contribution in [0.3, 0.4) is 0 Å². The maximum atomic E-state index is 12.2. The average molecular weight is 375 g/mol. The average Bonchev–Trinajstić information content (AvgIpc) is 3.24. The summed E-state index contributed by atoms with van der Waals surface area (Å²) in [5.41, 5.74) is 0. The molecule has 0 aromatic carbocycles. The summed E-state index contributed by atoms with van der Waals surface area (Å²) in [5.74, 6) is 0.876. The summed E-state index contributed by atoms with van der Waals surface area (Å²) in [7, 11) is 0. The van der Waals surface area contributed by atoms with E-state index in [4.69, 9.17) is 4.52 Å². The van der Waals surface area contributed by atoms with E-state index >= 15 is 0 Å². The van der Waals surface area contributed by atoms with E-state index in [1.54, 1.807) is 16.2 Å². The van der Waals surface area contributed by atoms with Gasteiger partial charge in [0.25, 0.3) is 0 Å². The molecule has 2 aromatic heterocycles. The highest BCUT2D eigenvalue weighted by molar-refractivity contribution is 7.13. The Balaban J connectivity index is 1.25. The number of thiophene rings is 1. The highest BCUT2D eigenvalue weighted by Crippen LogP contribution is 2.29. The van der Waals surface area contributed by atoms with Crippen molar-refractivity contribution >= 4 is 29.2 Å². The summed E-state index contributed by atoms with van der Waals surface area (Å²) in [6.07, 6.45) is 0.508. The monoisotopic (exact) mass is 375 g/mol. The molecule has 2 aliphatic rings. The summed E-state index contributed by atoms with van der Waals surface area (Å²) in [6, 6.07) is 3.43. The molecule has 0 aliphatic carbocycles. The molecule has 1 N–H and O–H groups in total. The van der Waals surface area contributed by atoms with Crippen LogP contribution in [0.2, 0.25) is 0 Å². The molecule has 2 aliphatic heterocycles. The van der Waals surface area contributed by atoms with Crippen molar-refractivity contribution in [3.8, 4) is 10.7 Å². The zero-order valence-electron chi connectivity index (χ0n) is 13.9. The Labute approximate surface area is 153 Å². The second-order valence-electron chi connectivity index (χ2n) is 6.27. The summed E-state index contributed by atoms with van der Waals surface area (Å²) in [5, 5.41) is 8.19. The lowest BCUT2D eigenvalue weighted by atomic mass is 9.99. The Hall–Kier alpha value is -2.75. The Kier molecular flexibility index (Phi) is 4.41. The molecule has 136 valence electrons. The van der Waals surface area contributed by atoms with Gasteiger partial charge in [0.05, 0.1) is 10.8 Å². The van der Waals surface area contributed by atoms with E-state index in [2.05, 4.69) is 15.5 Å². The summed E-state index contributed by atoms with van der Waals surface area (Å²) in [4.78, 5) is 43.6. The summed E-state index contributed by atoms with van der Waals surface area (Å²) >= 11 is 1.54. The van der Waals surface area contributed by atoms with Crippen molar-refractivity contribution in [2.75, 3.05) is 26.2 Å². The zero-order valence-corrected chi connectivity index (χ0v) is 14.7. The highest BCUT2D eigenvalue weighted by atomic mass is 32.1. The van der Waals surface area contributed by atoms with Gasteiger partial charge in [-0.3, -0.25) is 14.9 Å². The van der Waals surface area contributed by atoms with Gasteiger partial charge in [0.15, 0.2) is 0 Å². The number of carbonyl (C=O) groups is 3. The van der Waals surface area contributed by atoms with Crippen molar-refractivity contribution in [1.82, 2.24) is 25.3 Å². The molecule has 0 spiro atoms. The quantitative estimate of drug-likeness (QED) is 0.837. The largest absolute Gasteiger partial charge is 0.341 e. The second-order valence-corrected chi connectivity index (χ2v) is 7.22. The van der Waals surface area contributed by atoms with Crippen molar-refractivity contribution < 1.29 is 18.9 Å². The molecule has 26 heavy (non-hydrogen) atoms. The number of urea groups is 1. The van der Waals surface area contributed by atoms with Crippen LogP contribution in [0.1, 0.15) is 24.7 Å². The van der Waals surface area contributed by atoms with Crippen molar-refractivity contribution in [2.24, 2.45) is 0 Å². The van der Waals surface area contributed by atoms with Gasteiger partial charge in [0.1, 0.15) is 0 Å². The number of nitrogens with zero attached hydrogens (tertiary/aromatic N) is 4. The van der Waals surface area contributed by atoms with Crippen LogP contribution in [0.15, 0.2) is 22.0 Å². The summed E-state index contributed by atoms with van der Waals surface area (Å²) < 4.78 is 5.31. The standard InChI is InChI=1S/C16H17N5O4S/c22-12-3-5-20(16(24)17-12)6-4-13(23)21-8-10(9-21)15-18-14(19-25-15)11-2-1-7-26-11/h1-2,7,10H,3-6,8-9H2,(H,17,22,24). The number of carbonyl (C=O) groups excluding carboxylic acids is 3. The first kappa shape index (κ1) is 16.7. The minimum Gasteiger partial charge on any atom is -0.341 e. The second kappa shape index (κ2) is 6.87. The smallest absolute Gasteiger partial charge is 0.324 e. The lowest BCUT2D eigenvalue weighted by Gasteiger charge is -2.37. The van der Waals surface area contributed by atoms with E-state index in [9.17, 15) is 14.4 Å². The van der Waals surface area contributed by atoms with Crippen molar-refractivity contribution in [3.05, 3.63) is 23.4 Å². The number of imide groups is 1. The molecule has 10 heteroatoms. The van der Waals surface area contributed by atoms with E-state index in [1.807, 2.05) is 17.5 Å². The number of hydrogen-bond acceptors (Lipinski definition) is 7. The van der Waals surface area contributed by atoms with E-state index in [-0.39, 0.29) is 30.6 Å². The van der Waals surface area contributed by atoms with Gasteiger partial charge in [-0.1, -0.05) is 11.2 Å². The minimum absolute atomic E-state index is 0.0241. The number of likely N-dealkylation sites (tertiary alicyclic amines) is 1. The molecule has 9 nitrogen and oxygen atoms in total. The minimum atomic E-state index is -0.428. The van der Waals surface area contributed by atoms with Crippen molar-refractivity contribution in [2.45, 2.75) is 18.8 Å². The van der Waals surface area contributed by atoms with Crippen molar-refractivity contribution in [3.63, 3.8) is 0 Å². The van der Waals surface area contributed by atoms with Crippen LogP contribution >= 0.6 is 11.3 Å². The zero-order chi connectivity index (χ0) is 18.1. The van der Waals surface area contributed by atoms with Crippen LogP contribution in [0, 0.1) is 0 Å². The normalized spacial score (nSPS) is 18.0. The molecule has 0 saturated carbocycles. The molecule has 2 aromatic rings. The van der Waals surface area contributed by atoms with Gasteiger partial charge >= 0.3 is 6.03 Å². The van der Waals surface area contributed by atoms with Crippen LogP contribution < -0.4 is 5.32 Å². The molecule has 0 radical (unpaired) electrons. The first-order valence-corrected chi connectivity index (χ1v) is 9.22. The molecule has 0 atom stereocenters. The number of nitrogens with one attached hydrogen (secondary N) is 1. The predicted molar refractivity (Wildman–Crippen MR) is 91.3 cm³/mol. The fraction of sp³-hybridized carbons (Fsp3) is 0.438. The van der Waals surface area contributed by atoms with Crippen LogP contribution in [0.25, 0.3) is 10.7 Å². The molecule has 2 fully saturated rings. The number of amides is 4. The predicted octanol–water partition coefficient (Wildman–Crippen LogP) is 1.06. The Morgan fingerprint density at radius 1 is 1.38 bits per heavy atom. The van der Waals surface area contributed by atoms with Gasteiger partial charge in [-0.15, -0.1) is 11.3 Å². The third-order valence-electron chi connectivity index (χ3n) is 4.50. The van der Waals surface area contributed by atoms with Gasteiger partial charge in [-0.25, -0.2) is 4.79 Å². The molecule has 4 heterocycles. The fourth-order valence-electron chi connectivity index (χ4n) is 2.95. The van der Waals surface area contributed by atoms with E-state index < -0.39 is 6.03 Å². The van der Waals surface area contributed by atoms with Gasteiger partial charge in [-0.2, -0.15) is 4.98 Å². The van der Waals surface area contributed by atoms with Crippen molar-refractivity contribution in [1.29, 1.82) is 0 Å². The third kappa shape index (κ3) is 3.32. The van der Waals surface area contributed by atoms with Gasteiger partial charge in [0.2, 0.25) is 23.5 Å². The summed E-state index contributed by atoms with van der Waals surface area (Å²) in [6.45, 7) is 1.74. The Morgan fingerprint density at radius 3 is 2.96 bits per heavy atom. The van der Waals surface area contributed by atoms with E-state index in [0.717, 1.165) is 4.88 Å². The maximum absolute atomic E-state index is 12.2. The first-order chi connectivity index (χ1) is 12.6. The number of rotatable bonds is 5. The molecule has 4 rings (SSSR count). The molecular weight excluding hydrogens is 358 g/mol.